The minimum Gasteiger partial charge on any atom is -0.464 e. The molecule has 0 saturated heterocycles. The van der Waals surface area contributed by atoms with E-state index < -0.39 is 6.04 Å². The summed E-state index contributed by atoms with van der Waals surface area (Å²) in [6.45, 7) is 3.70. The summed E-state index contributed by atoms with van der Waals surface area (Å²) in [6.07, 6.45) is 6.62. The topological polar surface area (TPSA) is 111 Å². The van der Waals surface area contributed by atoms with E-state index >= 15 is 0 Å². The fourth-order valence-corrected chi connectivity index (χ4v) is 3.57. The number of hydrogen-bond donors (Lipinski definition) is 2. The summed E-state index contributed by atoms with van der Waals surface area (Å²) in [6, 6.07) is 10.4. The highest BCUT2D eigenvalue weighted by molar-refractivity contribution is 6.05. The van der Waals surface area contributed by atoms with Gasteiger partial charge in [0, 0.05) is 29.9 Å². The van der Waals surface area contributed by atoms with Crippen LogP contribution < -0.4 is 10.6 Å². The minimum atomic E-state index is -0.579. The van der Waals surface area contributed by atoms with E-state index in [1.807, 2.05) is 38.1 Å². The molecule has 0 saturated carbocycles. The first kappa shape index (κ1) is 18.7. The van der Waals surface area contributed by atoms with E-state index in [4.69, 9.17) is 9.52 Å². The van der Waals surface area contributed by atoms with Gasteiger partial charge in [-0.3, -0.25) is 14.8 Å². The molecule has 1 aliphatic rings. The van der Waals surface area contributed by atoms with Crippen LogP contribution in [0.1, 0.15) is 24.5 Å². The number of aromatic nitrogens is 5. The van der Waals surface area contributed by atoms with Crippen molar-refractivity contribution in [2.45, 2.75) is 19.9 Å². The van der Waals surface area contributed by atoms with E-state index in [-0.39, 0.29) is 5.91 Å². The van der Waals surface area contributed by atoms with Crippen LogP contribution in [-0.2, 0) is 4.79 Å². The van der Waals surface area contributed by atoms with Crippen molar-refractivity contribution in [3.8, 4) is 11.4 Å². The first-order chi connectivity index (χ1) is 15.1. The number of carbonyl (C=O) groups is 1. The SMILES string of the molecule is CC1=C(C(=O)Nc2cccnc2)C(c2ccc(C)o2)n2nc(-c3ccncc3)nc2N1. The van der Waals surface area contributed by atoms with Crippen molar-refractivity contribution in [2.75, 3.05) is 10.6 Å². The van der Waals surface area contributed by atoms with Gasteiger partial charge in [-0.15, -0.1) is 5.10 Å². The molecule has 1 unspecified atom stereocenters. The maximum Gasteiger partial charge on any atom is 0.256 e. The number of nitrogens with one attached hydrogen (secondary N) is 2. The maximum absolute atomic E-state index is 13.3. The fraction of sp³-hybridized carbons (Fsp3) is 0.136. The van der Waals surface area contributed by atoms with Crippen LogP contribution >= 0.6 is 0 Å². The molecule has 9 nitrogen and oxygen atoms in total. The second-order valence-electron chi connectivity index (χ2n) is 7.15. The lowest BCUT2D eigenvalue weighted by Gasteiger charge is -2.27. The van der Waals surface area contributed by atoms with Crippen molar-refractivity contribution in [2.24, 2.45) is 0 Å². The second-order valence-corrected chi connectivity index (χ2v) is 7.15. The van der Waals surface area contributed by atoms with Gasteiger partial charge in [0.2, 0.25) is 5.95 Å². The molecular weight excluding hydrogens is 394 g/mol. The summed E-state index contributed by atoms with van der Waals surface area (Å²) < 4.78 is 7.60. The van der Waals surface area contributed by atoms with Gasteiger partial charge >= 0.3 is 0 Å². The number of allylic oxidation sites excluding steroid dienone is 1. The van der Waals surface area contributed by atoms with Crippen LogP contribution in [0.4, 0.5) is 11.6 Å². The molecule has 1 atom stereocenters. The Morgan fingerprint density at radius 1 is 1.10 bits per heavy atom. The molecule has 1 aliphatic heterocycles. The lowest BCUT2D eigenvalue weighted by molar-refractivity contribution is -0.113. The van der Waals surface area contributed by atoms with Crippen LogP contribution in [0.5, 0.6) is 0 Å². The minimum absolute atomic E-state index is 0.274. The lowest BCUT2D eigenvalue weighted by Crippen LogP contribution is -2.31. The number of nitrogens with zero attached hydrogens (tertiary/aromatic N) is 5. The Morgan fingerprint density at radius 3 is 2.65 bits per heavy atom. The van der Waals surface area contributed by atoms with Gasteiger partial charge < -0.3 is 15.1 Å². The molecule has 4 aromatic rings. The van der Waals surface area contributed by atoms with Crippen molar-refractivity contribution < 1.29 is 9.21 Å². The number of aryl methyl sites for hydroxylation is 1. The van der Waals surface area contributed by atoms with Crippen molar-refractivity contribution in [3.63, 3.8) is 0 Å². The van der Waals surface area contributed by atoms with E-state index in [9.17, 15) is 4.79 Å². The largest absolute Gasteiger partial charge is 0.464 e. The summed E-state index contributed by atoms with van der Waals surface area (Å²) in [7, 11) is 0. The zero-order chi connectivity index (χ0) is 21.4. The number of pyridine rings is 2. The first-order valence-corrected chi connectivity index (χ1v) is 9.72. The van der Waals surface area contributed by atoms with Gasteiger partial charge in [0.1, 0.15) is 17.6 Å². The second kappa shape index (κ2) is 7.52. The molecule has 0 aliphatic carbocycles. The van der Waals surface area contributed by atoms with E-state index in [0.29, 0.717) is 34.5 Å². The fourth-order valence-electron chi connectivity index (χ4n) is 3.57. The van der Waals surface area contributed by atoms with Crippen molar-refractivity contribution in [3.05, 3.63) is 84.0 Å². The Bertz CT molecular complexity index is 1280. The number of fused-ring (bicyclic) bond motifs is 1. The predicted molar refractivity (Wildman–Crippen MR) is 114 cm³/mol. The average Bonchev–Trinajstić information content (AvgIpc) is 3.40. The molecule has 4 aromatic heterocycles. The Labute approximate surface area is 177 Å². The van der Waals surface area contributed by atoms with Gasteiger partial charge in [0.15, 0.2) is 5.82 Å². The Kier molecular flexibility index (Phi) is 4.55. The first-order valence-electron chi connectivity index (χ1n) is 9.72. The third kappa shape index (κ3) is 3.46. The Hall–Kier alpha value is -4.27. The highest BCUT2D eigenvalue weighted by atomic mass is 16.3. The maximum atomic E-state index is 13.3. The van der Waals surface area contributed by atoms with E-state index in [0.717, 1.165) is 11.3 Å². The highest BCUT2D eigenvalue weighted by Crippen LogP contribution is 2.37. The van der Waals surface area contributed by atoms with Gasteiger partial charge in [-0.2, -0.15) is 4.98 Å². The average molecular weight is 413 g/mol. The number of anilines is 2. The zero-order valence-corrected chi connectivity index (χ0v) is 16.9. The summed E-state index contributed by atoms with van der Waals surface area (Å²) in [5, 5.41) is 10.8. The van der Waals surface area contributed by atoms with Crippen LogP contribution in [0.15, 0.2) is 76.9 Å². The number of furan rings is 1. The van der Waals surface area contributed by atoms with E-state index in [2.05, 4.69) is 25.6 Å². The number of carbonyl (C=O) groups excluding carboxylic acids is 1. The number of rotatable bonds is 4. The van der Waals surface area contributed by atoms with Gasteiger partial charge in [0.25, 0.3) is 5.91 Å². The van der Waals surface area contributed by atoms with Crippen LogP contribution in [0.25, 0.3) is 11.4 Å². The molecule has 5 rings (SSSR count). The van der Waals surface area contributed by atoms with E-state index in [1.165, 1.54) is 0 Å². The third-order valence-electron chi connectivity index (χ3n) is 4.99. The number of amides is 1. The molecule has 2 N–H and O–H groups in total. The van der Waals surface area contributed by atoms with Crippen LogP contribution in [0.2, 0.25) is 0 Å². The van der Waals surface area contributed by atoms with Crippen molar-refractivity contribution in [1.82, 2.24) is 24.7 Å². The standard InChI is InChI=1S/C22H19N7O2/c1-13-5-6-17(31-13)19-18(21(30)26-16-4-3-9-24-12-16)14(2)25-22-27-20(28-29(19)22)15-7-10-23-11-8-15/h3-12,19H,1-2H3,(H,26,30)(H,25,27,28). The summed E-state index contributed by atoms with van der Waals surface area (Å²) in [5.74, 6) is 2.13. The molecule has 154 valence electrons. The Balaban J connectivity index is 1.59. The highest BCUT2D eigenvalue weighted by Gasteiger charge is 2.36. The summed E-state index contributed by atoms with van der Waals surface area (Å²) in [4.78, 5) is 26.0. The molecule has 0 radical (unpaired) electrons. The normalized spacial score (nSPS) is 15.4. The van der Waals surface area contributed by atoms with Crippen LogP contribution in [-0.4, -0.2) is 30.6 Å². The predicted octanol–water partition coefficient (Wildman–Crippen LogP) is 3.56. The molecule has 0 fully saturated rings. The van der Waals surface area contributed by atoms with Crippen LogP contribution in [0.3, 0.4) is 0 Å². The quantitative estimate of drug-likeness (QED) is 0.526. The van der Waals surface area contributed by atoms with Crippen molar-refractivity contribution >= 4 is 17.5 Å². The smallest absolute Gasteiger partial charge is 0.256 e. The third-order valence-corrected chi connectivity index (χ3v) is 4.99. The van der Waals surface area contributed by atoms with Gasteiger partial charge in [-0.1, -0.05) is 0 Å². The van der Waals surface area contributed by atoms with Gasteiger partial charge in [0.05, 0.1) is 17.5 Å². The molecule has 0 aromatic carbocycles. The van der Waals surface area contributed by atoms with Crippen LogP contribution in [0, 0.1) is 6.92 Å². The van der Waals surface area contributed by atoms with E-state index in [1.54, 1.807) is 41.6 Å². The number of hydrogen-bond acceptors (Lipinski definition) is 7. The zero-order valence-electron chi connectivity index (χ0n) is 16.9. The molecular formula is C22H19N7O2. The molecule has 0 bridgehead atoms. The Morgan fingerprint density at radius 2 is 1.94 bits per heavy atom. The van der Waals surface area contributed by atoms with Crippen molar-refractivity contribution in [1.29, 1.82) is 0 Å². The molecule has 0 spiro atoms. The molecule has 31 heavy (non-hydrogen) atoms. The lowest BCUT2D eigenvalue weighted by atomic mass is 10.00. The van der Waals surface area contributed by atoms with Gasteiger partial charge in [-0.05, 0) is 50.2 Å². The molecule has 9 heteroatoms. The monoisotopic (exact) mass is 413 g/mol. The van der Waals surface area contributed by atoms with Gasteiger partial charge in [-0.25, -0.2) is 4.68 Å². The summed E-state index contributed by atoms with van der Waals surface area (Å²) >= 11 is 0. The molecule has 5 heterocycles. The summed E-state index contributed by atoms with van der Waals surface area (Å²) in [5.41, 5.74) is 2.58. The molecule has 1 amide bonds.